The zero-order valence-electron chi connectivity index (χ0n) is 13.5. The zero-order valence-corrected chi connectivity index (χ0v) is 14.3. The molecule has 0 spiro atoms. The Bertz CT molecular complexity index is 789. The molecule has 3 rings (SSSR count). The smallest absolute Gasteiger partial charge is 0.335 e. The van der Waals surface area contributed by atoms with Crippen LogP contribution in [0.2, 0.25) is 0 Å². The Morgan fingerprint density at radius 1 is 1.21 bits per heavy atom. The standard InChI is InChI=1S/C18H18N2O3S/c1-19-16-8-5-13(17(21)22)9-14(16)11-20(18(19)23)10-12-3-6-15(24-2)7-4-12/h3-9H,10-11H2,1-2H3,(H,21,22). The highest BCUT2D eigenvalue weighted by atomic mass is 32.2. The highest BCUT2D eigenvalue weighted by Gasteiger charge is 2.28. The second kappa shape index (κ2) is 6.57. The molecule has 2 aromatic rings. The van der Waals surface area contributed by atoms with Crippen LogP contribution in [0.3, 0.4) is 0 Å². The average Bonchev–Trinajstić information content (AvgIpc) is 2.59. The summed E-state index contributed by atoms with van der Waals surface area (Å²) in [6.45, 7) is 0.901. The molecule has 5 nitrogen and oxygen atoms in total. The predicted octanol–water partition coefficient (Wildman–Crippen LogP) is 3.68. The van der Waals surface area contributed by atoms with E-state index in [4.69, 9.17) is 5.11 Å². The molecule has 6 heteroatoms. The summed E-state index contributed by atoms with van der Waals surface area (Å²) in [6.07, 6.45) is 2.02. The third kappa shape index (κ3) is 3.10. The van der Waals surface area contributed by atoms with Crippen LogP contribution < -0.4 is 4.90 Å². The average molecular weight is 342 g/mol. The van der Waals surface area contributed by atoms with Gasteiger partial charge in [0.1, 0.15) is 0 Å². The van der Waals surface area contributed by atoms with Crippen LogP contribution in [-0.2, 0) is 13.1 Å². The molecule has 1 heterocycles. The van der Waals surface area contributed by atoms with Crippen LogP contribution in [0.1, 0.15) is 21.5 Å². The first-order chi connectivity index (χ1) is 11.5. The lowest BCUT2D eigenvalue weighted by Crippen LogP contribution is -2.44. The topological polar surface area (TPSA) is 60.9 Å². The Kier molecular flexibility index (Phi) is 4.49. The van der Waals surface area contributed by atoms with E-state index in [0.29, 0.717) is 13.1 Å². The van der Waals surface area contributed by atoms with Crippen molar-refractivity contribution in [1.29, 1.82) is 0 Å². The Labute approximate surface area is 144 Å². The lowest BCUT2D eigenvalue weighted by Gasteiger charge is -2.35. The van der Waals surface area contributed by atoms with E-state index in [-0.39, 0.29) is 11.6 Å². The number of aromatic carboxylic acids is 1. The maximum Gasteiger partial charge on any atom is 0.335 e. The normalized spacial score (nSPS) is 13.8. The van der Waals surface area contributed by atoms with Crippen LogP contribution in [0.25, 0.3) is 0 Å². The second-order valence-electron chi connectivity index (χ2n) is 5.69. The number of amides is 2. The largest absolute Gasteiger partial charge is 0.478 e. The van der Waals surface area contributed by atoms with Gasteiger partial charge in [-0.2, -0.15) is 0 Å². The summed E-state index contributed by atoms with van der Waals surface area (Å²) in [5.41, 5.74) is 2.89. The van der Waals surface area contributed by atoms with Gasteiger partial charge in [-0.25, -0.2) is 9.59 Å². The fraction of sp³-hybridized carbons (Fsp3) is 0.222. The molecule has 0 saturated carbocycles. The first-order valence-electron chi connectivity index (χ1n) is 7.51. The predicted molar refractivity (Wildman–Crippen MR) is 94.7 cm³/mol. The van der Waals surface area contributed by atoms with Crippen LogP contribution in [0.5, 0.6) is 0 Å². The van der Waals surface area contributed by atoms with Gasteiger partial charge >= 0.3 is 12.0 Å². The number of urea groups is 1. The number of nitrogens with zero attached hydrogens (tertiary/aromatic N) is 2. The number of hydrogen-bond acceptors (Lipinski definition) is 3. The molecule has 0 unspecified atom stereocenters. The number of carboxylic acids is 1. The van der Waals surface area contributed by atoms with E-state index in [1.807, 2.05) is 30.5 Å². The Hall–Kier alpha value is -2.47. The van der Waals surface area contributed by atoms with Gasteiger partial charge in [0, 0.05) is 25.0 Å². The van der Waals surface area contributed by atoms with E-state index in [2.05, 4.69) is 0 Å². The molecule has 0 aromatic heterocycles. The number of anilines is 1. The highest BCUT2D eigenvalue weighted by Crippen LogP contribution is 2.29. The Balaban J connectivity index is 1.86. The summed E-state index contributed by atoms with van der Waals surface area (Å²) in [5, 5.41) is 9.16. The van der Waals surface area contributed by atoms with Crippen molar-refractivity contribution in [2.75, 3.05) is 18.2 Å². The third-order valence-electron chi connectivity index (χ3n) is 4.14. The van der Waals surface area contributed by atoms with Crippen LogP contribution in [0.15, 0.2) is 47.4 Å². The van der Waals surface area contributed by atoms with Crippen molar-refractivity contribution in [1.82, 2.24) is 4.90 Å². The van der Waals surface area contributed by atoms with Gasteiger partial charge in [0.15, 0.2) is 0 Å². The fourth-order valence-electron chi connectivity index (χ4n) is 2.84. The van der Waals surface area contributed by atoms with Crippen molar-refractivity contribution in [2.45, 2.75) is 18.0 Å². The summed E-state index contributed by atoms with van der Waals surface area (Å²) < 4.78 is 0. The van der Waals surface area contributed by atoms with E-state index < -0.39 is 5.97 Å². The van der Waals surface area contributed by atoms with Crippen LogP contribution >= 0.6 is 11.8 Å². The van der Waals surface area contributed by atoms with Gasteiger partial charge in [-0.15, -0.1) is 11.8 Å². The summed E-state index contributed by atoms with van der Waals surface area (Å²) in [5.74, 6) is -0.962. The maximum absolute atomic E-state index is 12.6. The molecular formula is C18H18N2O3S. The molecule has 0 radical (unpaired) electrons. The molecule has 0 saturated heterocycles. The molecule has 1 aliphatic rings. The lowest BCUT2D eigenvalue weighted by atomic mass is 10.0. The number of hydrogen-bond donors (Lipinski definition) is 1. The summed E-state index contributed by atoms with van der Waals surface area (Å²) >= 11 is 1.68. The number of carboxylic acid groups (broad SMARTS) is 1. The quantitative estimate of drug-likeness (QED) is 0.861. The minimum atomic E-state index is -0.962. The zero-order chi connectivity index (χ0) is 17.3. The van der Waals surface area contributed by atoms with Crippen molar-refractivity contribution in [3.63, 3.8) is 0 Å². The van der Waals surface area contributed by atoms with Crippen molar-refractivity contribution in [3.05, 3.63) is 59.2 Å². The first-order valence-corrected chi connectivity index (χ1v) is 8.74. The molecule has 24 heavy (non-hydrogen) atoms. The molecule has 2 amide bonds. The van der Waals surface area contributed by atoms with Gasteiger partial charge in [0.2, 0.25) is 0 Å². The first kappa shape index (κ1) is 16.4. The monoisotopic (exact) mass is 342 g/mol. The molecule has 0 bridgehead atoms. The molecule has 124 valence electrons. The van der Waals surface area contributed by atoms with E-state index in [9.17, 15) is 9.59 Å². The highest BCUT2D eigenvalue weighted by molar-refractivity contribution is 7.98. The number of carbonyl (C=O) groups excluding carboxylic acids is 1. The molecule has 1 aliphatic heterocycles. The molecule has 0 atom stereocenters. The van der Waals surface area contributed by atoms with Crippen LogP contribution in [-0.4, -0.2) is 35.3 Å². The van der Waals surface area contributed by atoms with Crippen molar-refractivity contribution in [2.24, 2.45) is 0 Å². The number of fused-ring (bicyclic) bond motifs is 1. The second-order valence-corrected chi connectivity index (χ2v) is 6.57. The van der Waals surface area contributed by atoms with E-state index >= 15 is 0 Å². The van der Waals surface area contributed by atoms with Crippen molar-refractivity contribution in [3.8, 4) is 0 Å². The van der Waals surface area contributed by atoms with E-state index in [1.54, 1.807) is 40.7 Å². The molecule has 0 fully saturated rings. The summed E-state index contributed by atoms with van der Waals surface area (Å²) in [7, 11) is 1.71. The van der Waals surface area contributed by atoms with E-state index in [0.717, 1.165) is 16.8 Å². The van der Waals surface area contributed by atoms with Gasteiger partial charge in [-0.1, -0.05) is 12.1 Å². The van der Waals surface area contributed by atoms with Gasteiger partial charge < -0.3 is 10.0 Å². The number of rotatable bonds is 4. The minimum absolute atomic E-state index is 0.0838. The number of carbonyl (C=O) groups is 2. The molecular weight excluding hydrogens is 324 g/mol. The lowest BCUT2D eigenvalue weighted by molar-refractivity contribution is 0.0696. The van der Waals surface area contributed by atoms with Gasteiger partial charge in [-0.3, -0.25) is 4.90 Å². The molecule has 0 aliphatic carbocycles. The van der Waals surface area contributed by atoms with Crippen molar-refractivity contribution < 1.29 is 14.7 Å². The van der Waals surface area contributed by atoms with Gasteiger partial charge in [0.05, 0.1) is 11.3 Å². The van der Waals surface area contributed by atoms with E-state index in [1.165, 1.54) is 11.0 Å². The van der Waals surface area contributed by atoms with Crippen LogP contribution in [0, 0.1) is 0 Å². The third-order valence-corrected chi connectivity index (χ3v) is 4.88. The van der Waals surface area contributed by atoms with Gasteiger partial charge in [0.25, 0.3) is 0 Å². The van der Waals surface area contributed by atoms with Crippen molar-refractivity contribution >= 4 is 29.4 Å². The Morgan fingerprint density at radius 3 is 2.54 bits per heavy atom. The molecule has 1 N–H and O–H groups in total. The minimum Gasteiger partial charge on any atom is -0.478 e. The number of benzene rings is 2. The summed E-state index contributed by atoms with van der Waals surface area (Å²) in [4.78, 5) is 28.2. The van der Waals surface area contributed by atoms with Gasteiger partial charge in [-0.05, 0) is 47.7 Å². The maximum atomic E-state index is 12.6. The molecule has 2 aromatic carbocycles. The fourth-order valence-corrected chi connectivity index (χ4v) is 3.24. The SMILES string of the molecule is CSc1ccc(CN2Cc3cc(C(=O)O)ccc3N(C)C2=O)cc1. The summed E-state index contributed by atoms with van der Waals surface area (Å²) in [6, 6.07) is 12.9. The Morgan fingerprint density at radius 2 is 1.92 bits per heavy atom. The number of thioether (sulfide) groups is 1. The van der Waals surface area contributed by atoms with Crippen LogP contribution in [0.4, 0.5) is 10.5 Å².